The Hall–Kier alpha value is -2.83. The summed E-state index contributed by atoms with van der Waals surface area (Å²) in [5, 5.41) is 14.1. The van der Waals surface area contributed by atoms with Gasteiger partial charge in [-0.25, -0.2) is 9.18 Å². The molecule has 0 fully saturated rings. The first kappa shape index (κ1) is 23.3. The number of hydrogen-bond donors (Lipinski definition) is 2. The molecule has 0 bridgehead atoms. The molecule has 33 heavy (non-hydrogen) atoms. The summed E-state index contributed by atoms with van der Waals surface area (Å²) in [7, 11) is 0. The van der Waals surface area contributed by atoms with Gasteiger partial charge in [0.25, 0.3) is 5.91 Å². The van der Waals surface area contributed by atoms with E-state index < -0.39 is 17.7 Å². The second-order valence-electron chi connectivity index (χ2n) is 6.95. The van der Waals surface area contributed by atoms with Gasteiger partial charge in [0.05, 0.1) is 17.9 Å². The average Bonchev–Trinajstić information content (AvgIpc) is 3.49. The van der Waals surface area contributed by atoms with Crippen LogP contribution in [0.25, 0.3) is 0 Å². The number of aryl methyl sites for hydroxylation is 1. The van der Waals surface area contributed by atoms with Crippen LogP contribution in [0.15, 0.2) is 28.6 Å². The highest BCUT2D eigenvalue weighted by Gasteiger charge is 2.28. The molecule has 172 valence electrons. The Morgan fingerprint density at radius 2 is 1.91 bits per heavy atom. The minimum atomic E-state index is -0.433. The van der Waals surface area contributed by atoms with Gasteiger partial charge in [-0.05, 0) is 56.0 Å². The van der Waals surface area contributed by atoms with Gasteiger partial charge in [-0.15, -0.1) is 21.5 Å². The summed E-state index contributed by atoms with van der Waals surface area (Å²) in [5.74, 6) is -1.49. The van der Waals surface area contributed by atoms with Crippen LogP contribution >= 0.6 is 34.4 Å². The second-order valence-corrected chi connectivity index (χ2v) is 10.3. The molecular formula is C21H19FN4O4S3. The van der Waals surface area contributed by atoms with E-state index >= 15 is 0 Å². The van der Waals surface area contributed by atoms with E-state index in [1.165, 1.54) is 47.4 Å². The smallest absolute Gasteiger partial charge is 0.341 e. The first-order chi connectivity index (χ1) is 15.9. The third-order valence-electron chi connectivity index (χ3n) is 4.71. The number of rotatable bonds is 8. The second kappa shape index (κ2) is 10.4. The number of thioether (sulfide) groups is 1. The average molecular weight is 507 g/mol. The fourth-order valence-electron chi connectivity index (χ4n) is 3.29. The van der Waals surface area contributed by atoms with Crippen molar-refractivity contribution in [3.63, 3.8) is 0 Å². The van der Waals surface area contributed by atoms with Crippen LogP contribution in [0.2, 0.25) is 0 Å². The van der Waals surface area contributed by atoms with E-state index in [4.69, 9.17) is 4.74 Å². The van der Waals surface area contributed by atoms with Gasteiger partial charge in [0.15, 0.2) is 4.34 Å². The zero-order valence-corrected chi connectivity index (χ0v) is 19.9. The maximum atomic E-state index is 13.0. The summed E-state index contributed by atoms with van der Waals surface area (Å²) in [6.45, 7) is 2.02. The van der Waals surface area contributed by atoms with Gasteiger partial charge in [0, 0.05) is 10.4 Å². The van der Waals surface area contributed by atoms with Crippen molar-refractivity contribution in [2.75, 3.05) is 23.0 Å². The van der Waals surface area contributed by atoms with Gasteiger partial charge in [-0.2, -0.15) is 0 Å². The fourth-order valence-corrected chi connectivity index (χ4v) is 6.13. The summed E-state index contributed by atoms with van der Waals surface area (Å²) in [6, 6.07) is 5.14. The fraction of sp³-hybridized carbons (Fsp3) is 0.286. The third kappa shape index (κ3) is 5.57. The van der Waals surface area contributed by atoms with E-state index in [0.717, 1.165) is 41.0 Å². The molecule has 0 spiro atoms. The molecule has 12 heteroatoms. The van der Waals surface area contributed by atoms with E-state index in [-0.39, 0.29) is 23.4 Å². The molecule has 1 aliphatic carbocycles. The molecule has 0 saturated heterocycles. The highest BCUT2D eigenvalue weighted by molar-refractivity contribution is 8.01. The molecule has 8 nitrogen and oxygen atoms in total. The van der Waals surface area contributed by atoms with Crippen molar-refractivity contribution in [1.29, 1.82) is 0 Å². The normalized spacial score (nSPS) is 12.3. The molecule has 0 aliphatic heterocycles. The predicted octanol–water partition coefficient (Wildman–Crippen LogP) is 4.39. The number of nitrogens with one attached hydrogen (secondary N) is 2. The summed E-state index contributed by atoms with van der Waals surface area (Å²) < 4.78 is 18.7. The Balaban J connectivity index is 1.34. The first-order valence-corrected chi connectivity index (χ1v) is 12.7. The predicted molar refractivity (Wildman–Crippen MR) is 126 cm³/mol. The zero-order valence-electron chi connectivity index (χ0n) is 17.5. The van der Waals surface area contributed by atoms with Crippen molar-refractivity contribution in [2.45, 2.75) is 30.5 Å². The number of carbonyl (C=O) groups is 3. The van der Waals surface area contributed by atoms with Crippen LogP contribution in [-0.4, -0.2) is 40.3 Å². The number of hydrogen-bond acceptors (Lipinski definition) is 9. The highest BCUT2D eigenvalue weighted by atomic mass is 32.2. The van der Waals surface area contributed by atoms with Crippen molar-refractivity contribution >= 4 is 62.4 Å². The van der Waals surface area contributed by atoms with Crippen molar-refractivity contribution in [3.05, 3.63) is 51.7 Å². The Kier molecular flexibility index (Phi) is 7.36. The molecule has 1 aromatic carbocycles. The molecule has 2 N–H and O–H groups in total. The molecule has 3 aromatic rings. The molecular weight excluding hydrogens is 487 g/mol. The number of carbonyl (C=O) groups excluding carboxylic acids is 3. The number of nitrogens with zero attached hydrogens (tertiary/aromatic N) is 2. The van der Waals surface area contributed by atoms with Crippen molar-refractivity contribution in [2.24, 2.45) is 0 Å². The van der Waals surface area contributed by atoms with Gasteiger partial charge in [-0.3, -0.25) is 14.9 Å². The molecule has 0 saturated carbocycles. The maximum absolute atomic E-state index is 13.0. The van der Waals surface area contributed by atoms with Crippen LogP contribution in [0, 0.1) is 5.82 Å². The molecule has 0 unspecified atom stereocenters. The van der Waals surface area contributed by atoms with E-state index in [9.17, 15) is 18.8 Å². The lowest BCUT2D eigenvalue weighted by molar-refractivity contribution is -0.113. The van der Waals surface area contributed by atoms with E-state index in [0.29, 0.717) is 20.5 Å². The Bertz CT molecular complexity index is 1190. The van der Waals surface area contributed by atoms with Crippen LogP contribution in [0.4, 0.5) is 14.5 Å². The lowest BCUT2D eigenvalue weighted by Crippen LogP contribution is -2.16. The third-order valence-corrected chi connectivity index (χ3v) is 7.89. The number of esters is 1. The Morgan fingerprint density at radius 1 is 1.12 bits per heavy atom. The van der Waals surface area contributed by atoms with Crippen LogP contribution in [0.3, 0.4) is 0 Å². The van der Waals surface area contributed by atoms with Crippen LogP contribution < -0.4 is 10.6 Å². The lowest BCUT2D eigenvalue weighted by Gasteiger charge is -2.07. The maximum Gasteiger partial charge on any atom is 0.341 e. The summed E-state index contributed by atoms with van der Waals surface area (Å²) in [6.07, 6.45) is 2.70. The highest BCUT2D eigenvalue weighted by Crippen LogP contribution is 2.39. The van der Waals surface area contributed by atoms with Crippen LogP contribution in [-0.2, 0) is 22.4 Å². The SMILES string of the molecule is CCOC(=O)c1c(NC(=O)CSc2nnc(NC(=O)c3ccc(F)cc3)s2)sc2c1CCC2. The van der Waals surface area contributed by atoms with Crippen molar-refractivity contribution in [1.82, 2.24) is 10.2 Å². The lowest BCUT2D eigenvalue weighted by atomic mass is 10.1. The monoisotopic (exact) mass is 506 g/mol. The quantitative estimate of drug-likeness (QED) is 0.265. The molecule has 2 aromatic heterocycles. The minimum Gasteiger partial charge on any atom is -0.462 e. The minimum absolute atomic E-state index is 0.0609. The number of amides is 2. The first-order valence-electron chi connectivity index (χ1n) is 10.1. The van der Waals surface area contributed by atoms with E-state index in [1.807, 2.05) is 0 Å². The summed E-state index contributed by atoms with van der Waals surface area (Å²) in [4.78, 5) is 38.2. The summed E-state index contributed by atoms with van der Waals surface area (Å²) >= 11 is 3.72. The summed E-state index contributed by atoms with van der Waals surface area (Å²) in [5.41, 5.74) is 1.74. The van der Waals surface area contributed by atoms with E-state index in [2.05, 4.69) is 20.8 Å². The Labute approximate surface area is 200 Å². The number of aromatic nitrogens is 2. The largest absolute Gasteiger partial charge is 0.462 e. The molecule has 0 atom stereocenters. The number of halogens is 1. The molecule has 2 heterocycles. The van der Waals surface area contributed by atoms with Crippen molar-refractivity contribution < 1.29 is 23.5 Å². The van der Waals surface area contributed by atoms with Crippen LogP contribution in [0.1, 0.15) is 44.5 Å². The molecule has 0 radical (unpaired) electrons. The molecule has 2 amide bonds. The molecule has 1 aliphatic rings. The van der Waals surface area contributed by atoms with Gasteiger partial charge in [0.2, 0.25) is 11.0 Å². The number of anilines is 2. The van der Waals surface area contributed by atoms with Gasteiger partial charge in [-0.1, -0.05) is 23.1 Å². The number of ether oxygens (including phenoxy) is 1. The van der Waals surface area contributed by atoms with Gasteiger partial charge in [0.1, 0.15) is 10.8 Å². The number of benzene rings is 1. The Morgan fingerprint density at radius 3 is 2.67 bits per heavy atom. The standard InChI is InChI=1S/C21H19FN4O4S3/c1-2-30-19(29)16-13-4-3-5-14(13)32-18(16)23-15(27)10-31-21-26-25-20(33-21)24-17(28)11-6-8-12(22)9-7-11/h6-9H,2-5,10H2,1H3,(H,23,27)(H,24,25,28). The van der Waals surface area contributed by atoms with Gasteiger partial charge >= 0.3 is 5.97 Å². The molecule has 4 rings (SSSR count). The topological polar surface area (TPSA) is 110 Å². The van der Waals surface area contributed by atoms with Crippen molar-refractivity contribution in [3.8, 4) is 0 Å². The zero-order chi connectivity index (χ0) is 23.4. The van der Waals surface area contributed by atoms with Gasteiger partial charge < -0.3 is 10.1 Å². The van der Waals surface area contributed by atoms with Crippen LogP contribution in [0.5, 0.6) is 0 Å². The number of fused-ring (bicyclic) bond motifs is 1. The number of thiophene rings is 1. The van der Waals surface area contributed by atoms with E-state index in [1.54, 1.807) is 6.92 Å².